The van der Waals surface area contributed by atoms with E-state index in [-0.39, 0.29) is 0 Å². The number of nitrogens with two attached hydrogens (primary N) is 1. The van der Waals surface area contributed by atoms with Crippen LogP contribution in [0.25, 0.3) is 0 Å². The van der Waals surface area contributed by atoms with Gasteiger partial charge in [0.2, 0.25) is 0 Å². The van der Waals surface area contributed by atoms with Crippen molar-refractivity contribution in [2.75, 3.05) is 6.54 Å². The smallest absolute Gasteiger partial charge is 0.330 e. The van der Waals surface area contributed by atoms with Crippen molar-refractivity contribution in [1.82, 2.24) is 0 Å². The predicted molar refractivity (Wildman–Crippen MR) is 46.9 cm³/mol. The standard InChI is InChI=1S/C8H8FNO2S/c9-13(11,12)8-3-1-7(2-4-8)5-6-10/h1,3H,5-6,10H2. The van der Waals surface area contributed by atoms with Gasteiger partial charge < -0.3 is 5.73 Å². The number of allylic oxidation sites excluding steroid dienone is 2. The van der Waals surface area contributed by atoms with Crippen LogP contribution in [-0.2, 0) is 10.2 Å². The summed E-state index contributed by atoms with van der Waals surface area (Å²) in [6, 6.07) is 0. The molecule has 5 heteroatoms. The van der Waals surface area contributed by atoms with E-state index in [4.69, 9.17) is 5.73 Å². The highest BCUT2D eigenvalue weighted by Gasteiger charge is 2.13. The van der Waals surface area contributed by atoms with E-state index in [0.717, 1.165) is 11.6 Å². The van der Waals surface area contributed by atoms with Crippen LogP contribution in [0.3, 0.4) is 0 Å². The zero-order valence-electron chi connectivity index (χ0n) is 6.75. The van der Waals surface area contributed by atoms with Gasteiger partial charge in [-0.15, -0.1) is 0 Å². The normalized spacial score (nSPS) is 15.5. The lowest BCUT2D eigenvalue weighted by Gasteiger charge is -1.97. The van der Waals surface area contributed by atoms with Gasteiger partial charge in [0.15, 0.2) is 0 Å². The molecule has 2 N–H and O–H groups in total. The Balaban J connectivity index is 3.10. The highest BCUT2D eigenvalue weighted by atomic mass is 32.3. The average molecular weight is 201 g/mol. The van der Waals surface area contributed by atoms with Gasteiger partial charge in [-0.2, -0.15) is 8.42 Å². The molecule has 0 spiro atoms. The maximum atomic E-state index is 12.3. The highest BCUT2D eigenvalue weighted by Crippen LogP contribution is 2.14. The molecule has 70 valence electrons. The van der Waals surface area contributed by atoms with E-state index < -0.39 is 15.1 Å². The van der Waals surface area contributed by atoms with E-state index in [1.54, 1.807) is 0 Å². The molecule has 1 aliphatic carbocycles. The number of rotatable bonds is 3. The summed E-state index contributed by atoms with van der Waals surface area (Å²) in [5, 5.41) is 0. The molecule has 0 aromatic rings. The molecular weight excluding hydrogens is 193 g/mol. The van der Waals surface area contributed by atoms with Gasteiger partial charge in [0, 0.05) is 5.57 Å². The SMILES string of the molecule is NCCC1=C=C=C(S(=O)(=O)F)C=C1. The summed E-state index contributed by atoms with van der Waals surface area (Å²) in [5.74, 6) is 0. The van der Waals surface area contributed by atoms with E-state index in [1.807, 2.05) is 0 Å². The van der Waals surface area contributed by atoms with Gasteiger partial charge >= 0.3 is 10.2 Å². The van der Waals surface area contributed by atoms with Crippen LogP contribution in [0.4, 0.5) is 3.89 Å². The van der Waals surface area contributed by atoms with Crippen molar-refractivity contribution < 1.29 is 12.3 Å². The molecule has 0 bridgehead atoms. The van der Waals surface area contributed by atoms with Crippen molar-refractivity contribution in [2.45, 2.75) is 6.42 Å². The van der Waals surface area contributed by atoms with Gasteiger partial charge in [-0.1, -0.05) is 9.62 Å². The summed E-state index contributed by atoms with van der Waals surface area (Å²) in [6.07, 6.45) is 3.19. The third kappa shape index (κ3) is 2.68. The highest BCUT2D eigenvalue weighted by molar-refractivity contribution is 7.90. The van der Waals surface area contributed by atoms with E-state index in [9.17, 15) is 12.3 Å². The predicted octanol–water partition coefficient (Wildman–Crippen LogP) is 0.769. The first-order valence-electron chi connectivity index (χ1n) is 3.61. The molecule has 0 saturated carbocycles. The number of hydrogen-bond acceptors (Lipinski definition) is 3. The lowest BCUT2D eigenvalue weighted by Crippen LogP contribution is -2.00. The molecule has 0 aliphatic heterocycles. The van der Waals surface area contributed by atoms with Crippen LogP contribution < -0.4 is 5.73 Å². The summed E-state index contributed by atoms with van der Waals surface area (Å²) >= 11 is 0. The van der Waals surface area contributed by atoms with Crippen LogP contribution in [-0.4, -0.2) is 15.0 Å². The fourth-order valence-corrected chi connectivity index (χ4v) is 1.25. The molecule has 0 fully saturated rings. The maximum Gasteiger partial charge on any atom is 0.340 e. The number of hydrogen-bond donors (Lipinski definition) is 1. The van der Waals surface area contributed by atoms with Gasteiger partial charge in [0.1, 0.15) is 4.91 Å². The molecule has 13 heavy (non-hydrogen) atoms. The minimum atomic E-state index is -4.65. The quantitative estimate of drug-likeness (QED) is 0.542. The first-order valence-corrected chi connectivity index (χ1v) is 5.00. The molecule has 0 saturated heterocycles. The van der Waals surface area contributed by atoms with Crippen molar-refractivity contribution in [3.8, 4) is 0 Å². The van der Waals surface area contributed by atoms with Crippen molar-refractivity contribution in [1.29, 1.82) is 0 Å². The van der Waals surface area contributed by atoms with Crippen LogP contribution in [0, 0.1) is 0 Å². The zero-order valence-corrected chi connectivity index (χ0v) is 7.57. The molecule has 0 radical (unpaired) electrons. The molecule has 1 aliphatic rings. The van der Waals surface area contributed by atoms with Crippen LogP contribution in [0.15, 0.2) is 34.1 Å². The Kier molecular flexibility index (Phi) is 2.86. The zero-order chi connectivity index (χ0) is 9.90. The average Bonchev–Trinajstić information content (AvgIpc) is 2.04. The van der Waals surface area contributed by atoms with Crippen molar-refractivity contribution in [2.24, 2.45) is 5.73 Å². The summed E-state index contributed by atoms with van der Waals surface area (Å²) in [6.45, 7) is 0.437. The van der Waals surface area contributed by atoms with Gasteiger partial charge in [-0.3, -0.25) is 0 Å². The third-order valence-electron chi connectivity index (χ3n) is 1.46. The minimum absolute atomic E-state index is 0.437. The maximum absolute atomic E-state index is 12.3. The lowest BCUT2D eigenvalue weighted by atomic mass is 10.1. The molecular formula is C8H8FNO2S. The Bertz CT molecular complexity index is 435. The van der Waals surface area contributed by atoms with Gasteiger partial charge in [-0.25, -0.2) is 0 Å². The summed E-state index contributed by atoms with van der Waals surface area (Å²) in [5.41, 5.74) is 10.7. The van der Waals surface area contributed by atoms with Crippen LogP contribution in [0.1, 0.15) is 6.42 Å². The fourth-order valence-electron chi connectivity index (χ4n) is 0.845. The second kappa shape index (κ2) is 3.73. The van der Waals surface area contributed by atoms with Crippen molar-refractivity contribution >= 4 is 10.2 Å². The van der Waals surface area contributed by atoms with Crippen LogP contribution >= 0.6 is 0 Å². The third-order valence-corrected chi connectivity index (χ3v) is 2.22. The Morgan fingerprint density at radius 2 is 2.08 bits per heavy atom. The Hall–Kier alpha value is -1.12. The molecule has 1 rings (SSSR count). The molecule has 0 aromatic heterocycles. The van der Waals surface area contributed by atoms with Crippen molar-refractivity contribution in [3.05, 3.63) is 34.1 Å². The van der Waals surface area contributed by atoms with Gasteiger partial charge in [0.05, 0.1) is 0 Å². The van der Waals surface area contributed by atoms with Crippen LogP contribution in [0.5, 0.6) is 0 Å². The van der Waals surface area contributed by atoms with Gasteiger partial charge in [-0.05, 0) is 30.8 Å². The largest absolute Gasteiger partial charge is 0.340 e. The second-order valence-electron chi connectivity index (χ2n) is 2.45. The topological polar surface area (TPSA) is 60.2 Å². The molecule has 0 atom stereocenters. The minimum Gasteiger partial charge on any atom is -0.330 e. The first kappa shape index (κ1) is 9.96. The van der Waals surface area contributed by atoms with E-state index in [0.29, 0.717) is 13.0 Å². The first-order chi connectivity index (χ1) is 6.04. The molecule has 3 nitrogen and oxygen atoms in total. The van der Waals surface area contributed by atoms with E-state index in [1.165, 1.54) is 6.08 Å². The Morgan fingerprint density at radius 1 is 1.38 bits per heavy atom. The lowest BCUT2D eigenvalue weighted by molar-refractivity contribution is 0.561. The number of halogens is 1. The van der Waals surface area contributed by atoms with E-state index in [2.05, 4.69) is 11.5 Å². The molecule has 0 amide bonds. The Labute approximate surface area is 76.0 Å². The van der Waals surface area contributed by atoms with Crippen LogP contribution in [0.2, 0.25) is 0 Å². The van der Waals surface area contributed by atoms with Crippen molar-refractivity contribution in [3.63, 3.8) is 0 Å². The van der Waals surface area contributed by atoms with Gasteiger partial charge in [0.25, 0.3) is 0 Å². The van der Waals surface area contributed by atoms with E-state index >= 15 is 0 Å². The fraction of sp³-hybridized carbons (Fsp3) is 0.250. The summed E-state index contributed by atoms with van der Waals surface area (Å²) in [7, 11) is -4.65. The monoisotopic (exact) mass is 201 g/mol. The molecule has 0 aromatic carbocycles. The molecule has 0 unspecified atom stereocenters. The summed E-state index contributed by atoms with van der Waals surface area (Å²) in [4.78, 5) is -0.492. The molecule has 0 heterocycles. The summed E-state index contributed by atoms with van der Waals surface area (Å²) < 4.78 is 33.1. The Morgan fingerprint density at radius 3 is 2.46 bits per heavy atom. The second-order valence-corrected chi connectivity index (χ2v) is 3.76.